The van der Waals surface area contributed by atoms with E-state index in [0.717, 1.165) is 43.9 Å². The van der Waals surface area contributed by atoms with Crippen molar-refractivity contribution < 1.29 is 4.74 Å². The average molecular weight is 263 g/mol. The van der Waals surface area contributed by atoms with E-state index in [9.17, 15) is 0 Å². The maximum atomic E-state index is 5.39. The summed E-state index contributed by atoms with van der Waals surface area (Å²) >= 11 is 0. The van der Waals surface area contributed by atoms with Gasteiger partial charge in [0.2, 0.25) is 0 Å². The van der Waals surface area contributed by atoms with Crippen LogP contribution >= 0.6 is 0 Å². The van der Waals surface area contributed by atoms with Gasteiger partial charge in [0.15, 0.2) is 0 Å². The molecule has 0 bridgehead atoms. The third-order valence-corrected chi connectivity index (χ3v) is 3.34. The minimum absolute atomic E-state index is 0.743. The van der Waals surface area contributed by atoms with Crippen LogP contribution in [0.2, 0.25) is 0 Å². The molecule has 106 valence electrons. The molecule has 1 aliphatic rings. The Kier molecular flexibility index (Phi) is 5.16. The van der Waals surface area contributed by atoms with Crippen LogP contribution in [0.5, 0.6) is 0 Å². The number of nitrogens with one attached hydrogen (secondary N) is 1. The smallest absolute Gasteiger partial charge is 0.128 e. The van der Waals surface area contributed by atoms with Gasteiger partial charge in [-0.05, 0) is 44.4 Å². The molecule has 0 aliphatic heterocycles. The Bertz CT molecular complexity index is 404. The van der Waals surface area contributed by atoms with Crippen LogP contribution in [-0.2, 0) is 11.3 Å². The van der Waals surface area contributed by atoms with Gasteiger partial charge in [-0.25, -0.2) is 4.98 Å². The number of anilines is 1. The van der Waals surface area contributed by atoms with Gasteiger partial charge in [0.1, 0.15) is 5.82 Å². The lowest BCUT2D eigenvalue weighted by atomic mass is 10.2. The fourth-order valence-electron chi connectivity index (χ4n) is 2.03. The first-order valence-corrected chi connectivity index (χ1v) is 7.19. The van der Waals surface area contributed by atoms with E-state index in [4.69, 9.17) is 4.74 Å². The number of pyridine rings is 1. The first-order valence-electron chi connectivity index (χ1n) is 7.19. The first kappa shape index (κ1) is 14.3. The Hall–Kier alpha value is -1.13. The van der Waals surface area contributed by atoms with E-state index in [0.29, 0.717) is 0 Å². The van der Waals surface area contributed by atoms with Crippen LogP contribution in [0.3, 0.4) is 0 Å². The predicted molar refractivity (Wildman–Crippen MR) is 78.6 cm³/mol. The summed E-state index contributed by atoms with van der Waals surface area (Å²) in [6.07, 6.45) is 2.65. The highest BCUT2D eigenvalue weighted by Gasteiger charge is 2.20. The molecule has 0 amide bonds. The number of rotatable bonds is 8. The fourth-order valence-corrected chi connectivity index (χ4v) is 2.03. The number of ether oxygens (including phenoxy) is 1. The molecule has 19 heavy (non-hydrogen) atoms. The summed E-state index contributed by atoms with van der Waals surface area (Å²) in [6.45, 7) is 7.41. The van der Waals surface area contributed by atoms with Crippen molar-refractivity contribution in [2.24, 2.45) is 0 Å². The largest absolute Gasteiger partial charge is 0.380 e. The Morgan fingerprint density at radius 3 is 2.89 bits per heavy atom. The summed E-state index contributed by atoms with van der Waals surface area (Å²) in [7, 11) is 2.07. The topological polar surface area (TPSA) is 37.4 Å². The molecule has 1 heterocycles. The van der Waals surface area contributed by atoms with Crippen LogP contribution < -0.4 is 10.2 Å². The van der Waals surface area contributed by atoms with Gasteiger partial charge in [-0.1, -0.05) is 0 Å². The molecule has 2 rings (SSSR count). The van der Waals surface area contributed by atoms with Crippen molar-refractivity contribution in [1.82, 2.24) is 10.3 Å². The van der Waals surface area contributed by atoms with E-state index in [1.54, 1.807) is 0 Å². The summed E-state index contributed by atoms with van der Waals surface area (Å²) in [6, 6.07) is 5.08. The van der Waals surface area contributed by atoms with Crippen molar-refractivity contribution in [3.05, 3.63) is 23.4 Å². The maximum absolute atomic E-state index is 5.39. The molecular formula is C15H25N3O. The third-order valence-electron chi connectivity index (χ3n) is 3.34. The minimum Gasteiger partial charge on any atom is -0.380 e. The standard InChI is InChI=1S/C15H25N3O/c1-4-19-8-7-18(3)15-10-13(9-12(2)17-15)11-16-14-5-6-14/h9-10,14,16H,4-8,11H2,1-3H3. The number of hydrogen-bond donors (Lipinski definition) is 1. The summed E-state index contributed by atoms with van der Waals surface area (Å²) in [5, 5.41) is 3.55. The van der Waals surface area contributed by atoms with E-state index >= 15 is 0 Å². The minimum atomic E-state index is 0.743. The first-order chi connectivity index (χ1) is 9.19. The van der Waals surface area contributed by atoms with Gasteiger partial charge in [-0.3, -0.25) is 0 Å². The van der Waals surface area contributed by atoms with E-state index < -0.39 is 0 Å². The van der Waals surface area contributed by atoms with Gasteiger partial charge < -0.3 is 15.0 Å². The highest BCUT2D eigenvalue weighted by molar-refractivity contribution is 5.41. The SMILES string of the molecule is CCOCCN(C)c1cc(CNC2CC2)cc(C)n1. The second-order valence-electron chi connectivity index (χ2n) is 5.25. The number of aryl methyl sites for hydroxylation is 1. The molecule has 1 N–H and O–H groups in total. The second-order valence-corrected chi connectivity index (χ2v) is 5.25. The number of hydrogen-bond acceptors (Lipinski definition) is 4. The van der Waals surface area contributed by atoms with E-state index in [1.807, 2.05) is 6.92 Å². The molecule has 1 aromatic heterocycles. The fraction of sp³-hybridized carbons (Fsp3) is 0.667. The summed E-state index contributed by atoms with van der Waals surface area (Å²) in [4.78, 5) is 6.75. The normalized spacial score (nSPS) is 14.7. The summed E-state index contributed by atoms with van der Waals surface area (Å²) in [5.41, 5.74) is 2.39. The number of aromatic nitrogens is 1. The molecule has 0 spiro atoms. The Morgan fingerprint density at radius 1 is 1.42 bits per heavy atom. The van der Waals surface area contributed by atoms with E-state index in [1.165, 1.54) is 18.4 Å². The predicted octanol–water partition coefficient (Wildman–Crippen LogP) is 2.11. The second kappa shape index (κ2) is 6.87. The molecule has 4 heteroatoms. The number of likely N-dealkylation sites (N-methyl/N-ethyl adjacent to an activating group) is 1. The zero-order chi connectivity index (χ0) is 13.7. The molecular weight excluding hydrogens is 238 g/mol. The van der Waals surface area contributed by atoms with Crippen LogP contribution in [0.15, 0.2) is 12.1 Å². The van der Waals surface area contributed by atoms with Gasteiger partial charge >= 0.3 is 0 Å². The van der Waals surface area contributed by atoms with Crippen LogP contribution in [0.25, 0.3) is 0 Å². The quantitative estimate of drug-likeness (QED) is 0.729. The zero-order valence-corrected chi connectivity index (χ0v) is 12.3. The van der Waals surface area contributed by atoms with Crippen molar-refractivity contribution in [2.45, 2.75) is 39.3 Å². The van der Waals surface area contributed by atoms with Gasteiger partial charge in [0.25, 0.3) is 0 Å². The lowest BCUT2D eigenvalue weighted by Crippen LogP contribution is -2.24. The monoisotopic (exact) mass is 263 g/mol. The van der Waals surface area contributed by atoms with Crippen molar-refractivity contribution in [3.63, 3.8) is 0 Å². The molecule has 0 saturated heterocycles. The number of nitrogens with zero attached hydrogens (tertiary/aromatic N) is 2. The molecule has 0 aromatic carbocycles. The highest BCUT2D eigenvalue weighted by atomic mass is 16.5. The van der Waals surface area contributed by atoms with Gasteiger partial charge in [0, 0.05) is 38.5 Å². The Morgan fingerprint density at radius 2 is 2.21 bits per heavy atom. The molecule has 4 nitrogen and oxygen atoms in total. The van der Waals surface area contributed by atoms with E-state index in [2.05, 4.69) is 41.3 Å². The zero-order valence-electron chi connectivity index (χ0n) is 12.3. The highest BCUT2D eigenvalue weighted by Crippen LogP contribution is 2.20. The van der Waals surface area contributed by atoms with Gasteiger partial charge in [-0.15, -0.1) is 0 Å². The van der Waals surface area contributed by atoms with Crippen LogP contribution in [-0.4, -0.2) is 37.8 Å². The summed E-state index contributed by atoms with van der Waals surface area (Å²) in [5.74, 6) is 1.03. The Balaban J connectivity index is 1.93. The van der Waals surface area contributed by atoms with Crippen LogP contribution in [0.1, 0.15) is 31.0 Å². The molecule has 1 saturated carbocycles. The van der Waals surface area contributed by atoms with Crippen LogP contribution in [0.4, 0.5) is 5.82 Å². The van der Waals surface area contributed by atoms with Crippen molar-refractivity contribution in [3.8, 4) is 0 Å². The molecule has 0 unspecified atom stereocenters. The molecule has 1 fully saturated rings. The van der Waals surface area contributed by atoms with Gasteiger partial charge in [0.05, 0.1) is 6.61 Å². The van der Waals surface area contributed by atoms with E-state index in [-0.39, 0.29) is 0 Å². The van der Waals surface area contributed by atoms with Crippen molar-refractivity contribution in [2.75, 3.05) is 31.7 Å². The average Bonchev–Trinajstić information content (AvgIpc) is 3.20. The lowest BCUT2D eigenvalue weighted by Gasteiger charge is -2.19. The van der Waals surface area contributed by atoms with Crippen molar-refractivity contribution in [1.29, 1.82) is 0 Å². The van der Waals surface area contributed by atoms with Gasteiger partial charge in [-0.2, -0.15) is 0 Å². The van der Waals surface area contributed by atoms with Crippen molar-refractivity contribution >= 4 is 5.82 Å². The lowest BCUT2D eigenvalue weighted by molar-refractivity contribution is 0.154. The molecule has 0 atom stereocenters. The molecule has 1 aliphatic carbocycles. The Labute approximate surface area is 116 Å². The summed E-state index contributed by atoms with van der Waals surface area (Å²) < 4.78 is 5.39. The van der Waals surface area contributed by atoms with Crippen LogP contribution in [0, 0.1) is 6.92 Å². The maximum Gasteiger partial charge on any atom is 0.128 e. The molecule has 1 aromatic rings. The third kappa shape index (κ3) is 4.80. The molecule has 0 radical (unpaired) electrons.